The van der Waals surface area contributed by atoms with Crippen LogP contribution in [-0.2, 0) is 9.73 Å². The molecule has 1 aliphatic carbocycles. The summed E-state index contributed by atoms with van der Waals surface area (Å²) in [7, 11) is 0. The van der Waals surface area contributed by atoms with Gasteiger partial charge in [-0.3, -0.25) is 14.5 Å². The number of ether oxygens (including phenoxy) is 1. The minimum absolute atomic E-state index is 0.00117. The molecule has 0 radical (unpaired) electrons. The molecule has 2 atom stereocenters. The summed E-state index contributed by atoms with van der Waals surface area (Å²) in [5.41, 5.74) is 3.88. The second kappa shape index (κ2) is 12.7. The molecule has 0 spiro atoms. The first-order valence-electron chi connectivity index (χ1n) is 14.4. The van der Waals surface area contributed by atoms with Crippen LogP contribution in [0, 0.1) is 12.7 Å². The fourth-order valence-corrected chi connectivity index (χ4v) is 6.33. The van der Waals surface area contributed by atoms with Gasteiger partial charge in [-0.25, -0.2) is 4.39 Å². The topological polar surface area (TPSA) is 61.9 Å². The van der Waals surface area contributed by atoms with Crippen LogP contribution < -0.4 is 10.1 Å². The Bertz CT molecular complexity index is 1440. The second-order valence-electron chi connectivity index (χ2n) is 11.2. The maximum Gasteiger partial charge on any atom is 0.255 e. The van der Waals surface area contributed by atoms with Gasteiger partial charge in [0, 0.05) is 42.5 Å². The zero-order valence-electron chi connectivity index (χ0n) is 24.4. The van der Waals surface area contributed by atoms with Crippen LogP contribution in [0.3, 0.4) is 0 Å². The molecule has 0 bridgehead atoms. The van der Waals surface area contributed by atoms with E-state index in [1.807, 2.05) is 36.3 Å². The van der Waals surface area contributed by atoms with E-state index in [9.17, 15) is 14.0 Å². The number of nitrogens with zero attached hydrogens (tertiary/aromatic N) is 2. The predicted octanol–water partition coefficient (Wildman–Crippen LogP) is 6.58. The van der Waals surface area contributed by atoms with Crippen LogP contribution in [0.25, 0.3) is 0 Å². The van der Waals surface area contributed by atoms with Crippen LogP contribution in [0.5, 0.6) is 5.75 Å². The fraction of sp³-hybridized carbons (Fsp3) is 0.353. The average Bonchev–Trinajstić information content (AvgIpc) is 3.84. The molecule has 1 heterocycles. The van der Waals surface area contributed by atoms with Crippen LogP contribution in [0.1, 0.15) is 52.7 Å². The number of halogens is 1. The molecule has 220 valence electrons. The summed E-state index contributed by atoms with van der Waals surface area (Å²) >= 11 is 1.50. The smallest absolute Gasteiger partial charge is 0.255 e. The molecule has 1 unspecified atom stereocenters. The molecule has 1 saturated carbocycles. The van der Waals surface area contributed by atoms with Crippen LogP contribution >= 0.6 is 11.8 Å². The lowest BCUT2D eigenvalue weighted by atomic mass is 10.0. The SMILES string of the molecule is C=CC(=O)N1CCN(CC(Oc2ccc(C(=O)Nc3ccc(C4CC4)cc3)cc2)(SC)c2ccc(C)c(F)c2)C[C@H]1C. The fourth-order valence-electron chi connectivity index (χ4n) is 5.48. The summed E-state index contributed by atoms with van der Waals surface area (Å²) in [5, 5.41) is 2.97. The van der Waals surface area contributed by atoms with E-state index in [-0.39, 0.29) is 23.7 Å². The minimum Gasteiger partial charge on any atom is -0.471 e. The van der Waals surface area contributed by atoms with Crippen LogP contribution in [0.4, 0.5) is 10.1 Å². The molecular formula is C34H38FN3O3S. The molecule has 1 saturated heterocycles. The Morgan fingerprint density at radius 3 is 2.40 bits per heavy atom. The first-order valence-corrected chi connectivity index (χ1v) is 15.6. The Kier molecular flexibility index (Phi) is 9.04. The lowest BCUT2D eigenvalue weighted by Crippen LogP contribution is -2.56. The van der Waals surface area contributed by atoms with Crippen molar-refractivity contribution in [2.24, 2.45) is 0 Å². The number of carbonyl (C=O) groups is 2. The standard InChI is InChI=1S/C34H38FN3O3S/c1-5-32(39)38-19-18-37(21-24(38)3)22-34(42-4,28-13-6-23(2)31(35)20-28)41-30-16-11-27(12-17-30)33(40)36-29-14-9-26(10-15-29)25-7-8-25/h5-6,9-17,20,24-25H,1,7-8,18-19,21-22H2,2-4H3,(H,36,40)/t24-,34?/m1/s1. The normalized spacial score (nSPS) is 18.7. The quantitative estimate of drug-likeness (QED) is 0.215. The van der Waals surface area contributed by atoms with Gasteiger partial charge < -0.3 is 15.0 Å². The second-order valence-corrected chi connectivity index (χ2v) is 12.3. The average molecular weight is 588 g/mol. The highest BCUT2D eigenvalue weighted by molar-refractivity contribution is 7.99. The van der Waals surface area contributed by atoms with Crippen molar-refractivity contribution in [1.82, 2.24) is 9.80 Å². The summed E-state index contributed by atoms with van der Waals surface area (Å²) in [6.45, 7) is 9.75. The van der Waals surface area contributed by atoms with Crippen LogP contribution in [0.15, 0.2) is 79.4 Å². The van der Waals surface area contributed by atoms with E-state index < -0.39 is 4.93 Å². The monoisotopic (exact) mass is 587 g/mol. The van der Waals surface area contributed by atoms with Gasteiger partial charge in [0.2, 0.25) is 5.91 Å². The third-order valence-electron chi connectivity index (χ3n) is 8.16. The van der Waals surface area contributed by atoms with Crippen molar-refractivity contribution in [3.8, 4) is 5.75 Å². The van der Waals surface area contributed by atoms with E-state index in [0.29, 0.717) is 54.5 Å². The maximum atomic E-state index is 14.8. The number of amides is 2. The zero-order chi connectivity index (χ0) is 29.9. The lowest BCUT2D eigenvalue weighted by Gasteiger charge is -2.44. The molecule has 6 nitrogen and oxygen atoms in total. The summed E-state index contributed by atoms with van der Waals surface area (Å²) in [6.07, 6.45) is 5.78. The number of carbonyl (C=O) groups excluding carboxylic acids is 2. The number of benzene rings is 3. The van der Waals surface area contributed by atoms with E-state index in [0.717, 1.165) is 5.69 Å². The molecule has 3 aromatic rings. The minimum atomic E-state index is -0.925. The van der Waals surface area contributed by atoms with Crippen molar-refractivity contribution in [1.29, 1.82) is 0 Å². The van der Waals surface area contributed by atoms with Gasteiger partial charge in [0.1, 0.15) is 11.6 Å². The number of piperazine rings is 1. The highest BCUT2D eigenvalue weighted by Crippen LogP contribution is 2.41. The maximum absolute atomic E-state index is 14.8. The van der Waals surface area contributed by atoms with Gasteiger partial charge in [0.25, 0.3) is 5.91 Å². The first kappa shape index (κ1) is 29.9. The van der Waals surface area contributed by atoms with Crippen LogP contribution in [0.2, 0.25) is 0 Å². The molecule has 42 heavy (non-hydrogen) atoms. The number of thioether (sulfide) groups is 1. The summed E-state index contributed by atoms with van der Waals surface area (Å²) in [5.74, 6) is 0.681. The molecule has 3 aromatic carbocycles. The molecule has 1 N–H and O–H groups in total. The number of rotatable bonds is 10. The van der Waals surface area contributed by atoms with Gasteiger partial charge in [-0.15, -0.1) is 11.8 Å². The number of hydrogen-bond donors (Lipinski definition) is 1. The van der Waals surface area contributed by atoms with Gasteiger partial charge in [0.15, 0.2) is 4.93 Å². The summed E-state index contributed by atoms with van der Waals surface area (Å²) in [4.78, 5) is 28.4. The van der Waals surface area contributed by atoms with Crippen LogP contribution in [-0.4, -0.2) is 60.1 Å². The van der Waals surface area contributed by atoms with Gasteiger partial charge >= 0.3 is 0 Å². The Labute approximate surface area is 251 Å². The van der Waals surface area contributed by atoms with E-state index >= 15 is 0 Å². The summed E-state index contributed by atoms with van der Waals surface area (Å²) < 4.78 is 21.5. The van der Waals surface area contributed by atoms with Crippen molar-refractivity contribution in [3.63, 3.8) is 0 Å². The van der Waals surface area contributed by atoms with Crippen molar-refractivity contribution in [3.05, 3.63) is 107 Å². The number of anilines is 1. The molecule has 1 aliphatic heterocycles. The Morgan fingerprint density at radius 1 is 1.10 bits per heavy atom. The molecule has 2 amide bonds. The van der Waals surface area contributed by atoms with Crippen molar-refractivity contribution in [2.45, 2.75) is 43.6 Å². The van der Waals surface area contributed by atoms with Gasteiger partial charge in [-0.05, 0) is 98.5 Å². The third-order valence-corrected chi connectivity index (χ3v) is 9.27. The van der Waals surface area contributed by atoms with Crippen molar-refractivity contribution in [2.75, 3.05) is 37.8 Å². The number of hydrogen-bond acceptors (Lipinski definition) is 5. The van der Waals surface area contributed by atoms with Gasteiger partial charge in [-0.1, -0.05) is 30.8 Å². The molecule has 0 aromatic heterocycles. The zero-order valence-corrected chi connectivity index (χ0v) is 25.3. The van der Waals surface area contributed by atoms with Gasteiger partial charge in [0.05, 0.1) is 6.54 Å². The number of aryl methyl sites for hydroxylation is 1. The van der Waals surface area contributed by atoms with Crippen molar-refractivity contribution < 1.29 is 18.7 Å². The third kappa shape index (κ3) is 6.71. The van der Waals surface area contributed by atoms with E-state index in [1.165, 1.54) is 36.2 Å². The Morgan fingerprint density at radius 2 is 1.81 bits per heavy atom. The van der Waals surface area contributed by atoms with E-state index in [2.05, 4.69) is 28.9 Å². The summed E-state index contributed by atoms with van der Waals surface area (Å²) in [6, 6.07) is 20.3. The number of nitrogens with one attached hydrogen (secondary N) is 1. The van der Waals surface area contributed by atoms with E-state index in [1.54, 1.807) is 43.3 Å². The van der Waals surface area contributed by atoms with Crippen molar-refractivity contribution >= 4 is 29.3 Å². The van der Waals surface area contributed by atoms with E-state index in [4.69, 9.17) is 4.74 Å². The molecule has 5 rings (SSSR count). The molecule has 2 fully saturated rings. The first-order chi connectivity index (χ1) is 20.2. The lowest BCUT2D eigenvalue weighted by molar-refractivity contribution is -0.130. The Balaban J connectivity index is 1.33. The Hall–Kier alpha value is -3.62. The predicted molar refractivity (Wildman–Crippen MR) is 168 cm³/mol. The molecular weight excluding hydrogens is 549 g/mol. The molecule has 8 heteroatoms. The largest absolute Gasteiger partial charge is 0.471 e. The highest BCUT2D eigenvalue weighted by Gasteiger charge is 2.39. The van der Waals surface area contributed by atoms with Gasteiger partial charge in [-0.2, -0.15) is 0 Å². The highest BCUT2D eigenvalue weighted by atomic mass is 32.2. The molecule has 2 aliphatic rings.